The molecule has 2 N–H and O–H groups in total. The van der Waals surface area contributed by atoms with Crippen LogP contribution < -0.4 is 5.32 Å². The second-order valence-electron chi connectivity index (χ2n) is 3.07. The Morgan fingerprint density at radius 2 is 2.47 bits per heavy atom. The van der Waals surface area contributed by atoms with Gasteiger partial charge in [-0.2, -0.15) is 20.4 Å². The fourth-order valence-corrected chi connectivity index (χ4v) is 1.19. The molecule has 0 bridgehead atoms. The Bertz CT molecular complexity index is 395. The van der Waals surface area contributed by atoms with E-state index in [-0.39, 0.29) is 0 Å². The maximum absolute atomic E-state index is 5.06. The van der Waals surface area contributed by atoms with Crippen molar-refractivity contribution in [1.82, 2.24) is 30.9 Å². The molecular formula is C8H12N6O. The highest BCUT2D eigenvalue weighted by atomic mass is 16.5. The minimum absolute atomic E-state index is 0.475. The van der Waals surface area contributed by atoms with E-state index in [0.717, 1.165) is 19.4 Å². The van der Waals surface area contributed by atoms with Crippen molar-refractivity contribution >= 4 is 0 Å². The molecule has 0 aliphatic carbocycles. The number of nitrogens with one attached hydrogen (secondary N) is 2. The summed E-state index contributed by atoms with van der Waals surface area (Å²) in [6.45, 7) is 0.932. The zero-order valence-electron chi connectivity index (χ0n) is 8.40. The molecule has 0 radical (unpaired) electrons. The molecule has 7 nitrogen and oxygen atoms in total. The van der Waals surface area contributed by atoms with E-state index in [1.807, 2.05) is 7.05 Å². The van der Waals surface area contributed by atoms with Crippen molar-refractivity contribution in [2.45, 2.75) is 12.8 Å². The zero-order valence-corrected chi connectivity index (χ0v) is 8.40. The summed E-state index contributed by atoms with van der Waals surface area (Å²) in [4.78, 5) is 4.20. The van der Waals surface area contributed by atoms with Gasteiger partial charge in [-0.1, -0.05) is 5.16 Å². The van der Waals surface area contributed by atoms with Crippen LogP contribution in [-0.4, -0.2) is 39.1 Å². The van der Waals surface area contributed by atoms with Crippen molar-refractivity contribution in [3.05, 3.63) is 12.1 Å². The number of hydrogen-bond donors (Lipinski definition) is 2. The molecule has 0 aliphatic rings. The van der Waals surface area contributed by atoms with Crippen LogP contribution in [0.4, 0.5) is 0 Å². The number of aryl methyl sites for hydroxylation is 1. The van der Waals surface area contributed by atoms with Crippen molar-refractivity contribution < 1.29 is 4.52 Å². The third kappa shape index (κ3) is 2.38. The number of nitrogens with zero attached hydrogens (tertiary/aromatic N) is 4. The van der Waals surface area contributed by atoms with Crippen molar-refractivity contribution in [3.8, 4) is 11.5 Å². The van der Waals surface area contributed by atoms with Gasteiger partial charge in [0.25, 0.3) is 0 Å². The minimum atomic E-state index is 0.475. The second-order valence-corrected chi connectivity index (χ2v) is 3.07. The lowest BCUT2D eigenvalue weighted by Gasteiger charge is -1.93. The molecule has 15 heavy (non-hydrogen) atoms. The number of aromatic amines is 1. The molecule has 2 rings (SSSR count). The summed E-state index contributed by atoms with van der Waals surface area (Å²) in [5.74, 6) is 1.10. The minimum Gasteiger partial charge on any atom is -0.339 e. The van der Waals surface area contributed by atoms with Gasteiger partial charge in [-0.25, -0.2) is 0 Å². The molecule has 80 valence electrons. The number of rotatable bonds is 5. The number of hydrogen-bond acceptors (Lipinski definition) is 6. The summed E-state index contributed by atoms with van der Waals surface area (Å²) < 4.78 is 5.06. The van der Waals surface area contributed by atoms with Gasteiger partial charge in [-0.15, -0.1) is 0 Å². The smallest absolute Gasteiger partial charge is 0.227 e. The molecule has 2 aromatic rings. The van der Waals surface area contributed by atoms with E-state index in [1.54, 1.807) is 6.20 Å². The first-order valence-corrected chi connectivity index (χ1v) is 4.73. The maximum atomic E-state index is 5.06. The van der Waals surface area contributed by atoms with Gasteiger partial charge in [0, 0.05) is 6.42 Å². The van der Waals surface area contributed by atoms with Crippen LogP contribution in [0.25, 0.3) is 11.5 Å². The van der Waals surface area contributed by atoms with E-state index in [0.29, 0.717) is 17.4 Å². The topological polar surface area (TPSA) is 92.5 Å². The molecule has 0 unspecified atom stereocenters. The van der Waals surface area contributed by atoms with Gasteiger partial charge in [-0.3, -0.25) is 0 Å². The summed E-state index contributed by atoms with van der Waals surface area (Å²) in [5, 5.41) is 16.9. The highest BCUT2D eigenvalue weighted by Crippen LogP contribution is 2.10. The molecule has 2 aromatic heterocycles. The van der Waals surface area contributed by atoms with Crippen molar-refractivity contribution in [3.63, 3.8) is 0 Å². The van der Waals surface area contributed by atoms with E-state index in [2.05, 4.69) is 30.9 Å². The van der Waals surface area contributed by atoms with E-state index < -0.39 is 0 Å². The van der Waals surface area contributed by atoms with Crippen LogP contribution in [0.15, 0.2) is 10.7 Å². The first kappa shape index (κ1) is 9.78. The van der Waals surface area contributed by atoms with Crippen LogP contribution in [0, 0.1) is 0 Å². The summed E-state index contributed by atoms with van der Waals surface area (Å²) in [6, 6.07) is 0. The second kappa shape index (κ2) is 4.65. The standard InChI is InChI=1S/C8H12N6O/c1-9-4-2-3-7-11-8(13-15-7)6-5-10-14-12-6/h5,9H,2-4H2,1H3,(H,10,12,14). The monoisotopic (exact) mass is 208 g/mol. The summed E-state index contributed by atoms with van der Waals surface area (Å²) >= 11 is 0. The third-order valence-electron chi connectivity index (χ3n) is 1.93. The first-order valence-electron chi connectivity index (χ1n) is 4.73. The molecule has 0 aromatic carbocycles. The van der Waals surface area contributed by atoms with E-state index in [9.17, 15) is 0 Å². The fourth-order valence-electron chi connectivity index (χ4n) is 1.19. The largest absolute Gasteiger partial charge is 0.339 e. The average molecular weight is 208 g/mol. The average Bonchev–Trinajstić information content (AvgIpc) is 2.87. The zero-order chi connectivity index (χ0) is 10.5. The Morgan fingerprint density at radius 1 is 1.53 bits per heavy atom. The number of H-pyrrole nitrogens is 1. The number of aromatic nitrogens is 5. The first-order chi connectivity index (χ1) is 7.40. The van der Waals surface area contributed by atoms with Crippen LogP contribution in [0.2, 0.25) is 0 Å². The highest BCUT2D eigenvalue weighted by molar-refractivity contribution is 5.44. The lowest BCUT2D eigenvalue weighted by molar-refractivity contribution is 0.375. The van der Waals surface area contributed by atoms with Crippen LogP contribution in [0.5, 0.6) is 0 Å². The Morgan fingerprint density at radius 3 is 3.20 bits per heavy atom. The molecular weight excluding hydrogens is 196 g/mol. The van der Waals surface area contributed by atoms with Gasteiger partial charge in [0.2, 0.25) is 11.7 Å². The van der Waals surface area contributed by atoms with Crippen LogP contribution in [-0.2, 0) is 6.42 Å². The Hall–Kier alpha value is -1.76. The lowest BCUT2D eigenvalue weighted by Crippen LogP contribution is -2.08. The molecule has 0 amide bonds. The highest BCUT2D eigenvalue weighted by Gasteiger charge is 2.09. The van der Waals surface area contributed by atoms with Crippen molar-refractivity contribution in [1.29, 1.82) is 0 Å². The molecule has 0 aliphatic heterocycles. The lowest BCUT2D eigenvalue weighted by atomic mass is 10.3. The normalized spacial score (nSPS) is 10.7. The predicted molar refractivity (Wildman–Crippen MR) is 51.9 cm³/mol. The van der Waals surface area contributed by atoms with E-state index in [1.165, 1.54) is 0 Å². The van der Waals surface area contributed by atoms with Gasteiger partial charge in [-0.05, 0) is 20.0 Å². The Labute approximate surface area is 86.3 Å². The van der Waals surface area contributed by atoms with Crippen LogP contribution in [0.1, 0.15) is 12.3 Å². The van der Waals surface area contributed by atoms with Crippen molar-refractivity contribution in [2.75, 3.05) is 13.6 Å². The van der Waals surface area contributed by atoms with Gasteiger partial charge in [0.15, 0.2) is 5.69 Å². The van der Waals surface area contributed by atoms with Gasteiger partial charge < -0.3 is 9.84 Å². The van der Waals surface area contributed by atoms with E-state index in [4.69, 9.17) is 4.52 Å². The van der Waals surface area contributed by atoms with Gasteiger partial charge in [0.1, 0.15) is 0 Å². The quantitative estimate of drug-likeness (QED) is 0.672. The van der Waals surface area contributed by atoms with Crippen LogP contribution in [0.3, 0.4) is 0 Å². The summed E-state index contributed by atoms with van der Waals surface area (Å²) in [5.41, 5.74) is 0.596. The van der Waals surface area contributed by atoms with Crippen molar-refractivity contribution in [2.24, 2.45) is 0 Å². The Balaban J connectivity index is 1.98. The summed E-state index contributed by atoms with van der Waals surface area (Å²) in [7, 11) is 1.91. The predicted octanol–water partition coefficient (Wildman–Crippen LogP) is 0.00670. The molecule has 0 saturated carbocycles. The Kier molecular flexibility index (Phi) is 3.03. The molecule has 0 atom stereocenters. The van der Waals surface area contributed by atoms with Crippen LogP contribution >= 0.6 is 0 Å². The SMILES string of the molecule is CNCCCc1nc(-c2cn[nH]n2)no1. The molecule has 7 heteroatoms. The third-order valence-corrected chi connectivity index (χ3v) is 1.93. The van der Waals surface area contributed by atoms with Gasteiger partial charge >= 0.3 is 0 Å². The molecule has 0 saturated heterocycles. The molecule has 2 heterocycles. The van der Waals surface area contributed by atoms with Gasteiger partial charge in [0.05, 0.1) is 6.20 Å². The van der Waals surface area contributed by atoms with E-state index >= 15 is 0 Å². The maximum Gasteiger partial charge on any atom is 0.227 e. The fraction of sp³-hybridized carbons (Fsp3) is 0.500. The molecule has 0 spiro atoms. The summed E-state index contributed by atoms with van der Waals surface area (Å²) in [6.07, 6.45) is 3.30. The molecule has 0 fully saturated rings.